The fourth-order valence-corrected chi connectivity index (χ4v) is 2.77. The van der Waals surface area contributed by atoms with Crippen LogP contribution in [-0.4, -0.2) is 19.5 Å². The lowest BCUT2D eigenvalue weighted by molar-refractivity contribution is 0.775. The molecule has 0 amide bonds. The Hall–Kier alpha value is -2.75. The molecule has 0 unspecified atom stereocenters. The van der Waals surface area contributed by atoms with E-state index in [1.54, 1.807) is 0 Å². The van der Waals surface area contributed by atoms with Crippen molar-refractivity contribution in [2.24, 2.45) is 7.05 Å². The third-order valence-corrected chi connectivity index (χ3v) is 3.98. The molecule has 4 aromatic rings. The van der Waals surface area contributed by atoms with Gasteiger partial charge < -0.3 is 4.57 Å². The van der Waals surface area contributed by atoms with Crippen molar-refractivity contribution >= 4 is 22.1 Å². The van der Waals surface area contributed by atoms with E-state index in [9.17, 15) is 0 Å². The lowest BCUT2D eigenvalue weighted by atomic mass is 10.2. The van der Waals surface area contributed by atoms with Gasteiger partial charge in [-0.2, -0.15) is 0 Å². The van der Waals surface area contributed by atoms with Crippen molar-refractivity contribution in [2.75, 3.05) is 0 Å². The first kappa shape index (κ1) is 13.0. The molecule has 0 aliphatic carbocycles. The molecule has 4 heteroatoms. The van der Waals surface area contributed by atoms with Crippen molar-refractivity contribution < 1.29 is 0 Å². The second kappa shape index (κ2) is 5.22. The SMILES string of the molecule is Cn1c(CCc2cnc3ccccc3n2)nc2ccccc21. The second-order valence-corrected chi connectivity index (χ2v) is 5.43. The highest BCUT2D eigenvalue weighted by atomic mass is 15.1. The topological polar surface area (TPSA) is 43.6 Å². The molecule has 0 fully saturated rings. The Kier molecular flexibility index (Phi) is 3.07. The molecule has 2 aromatic carbocycles. The van der Waals surface area contributed by atoms with E-state index in [2.05, 4.69) is 33.7 Å². The number of fused-ring (bicyclic) bond motifs is 2. The lowest BCUT2D eigenvalue weighted by Crippen LogP contribution is -2.02. The molecule has 108 valence electrons. The van der Waals surface area contributed by atoms with Crippen molar-refractivity contribution in [3.8, 4) is 0 Å². The van der Waals surface area contributed by atoms with E-state index in [0.717, 1.165) is 40.9 Å². The minimum atomic E-state index is 0.842. The van der Waals surface area contributed by atoms with Crippen LogP contribution < -0.4 is 0 Å². The molecule has 22 heavy (non-hydrogen) atoms. The number of imidazole rings is 1. The predicted octanol–water partition coefficient (Wildman–Crippen LogP) is 3.30. The third-order valence-electron chi connectivity index (χ3n) is 3.98. The summed E-state index contributed by atoms with van der Waals surface area (Å²) in [5.41, 5.74) is 5.11. The molecule has 0 spiro atoms. The zero-order valence-electron chi connectivity index (χ0n) is 12.4. The van der Waals surface area contributed by atoms with Crippen molar-refractivity contribution in [3.63, 3.8) is 0 Å². The maximum atomic E-state index is 4.70. The Balaban J connectivity index is 1.61. The summed E-state index contributed by atoms with van der Waals surface area (Å²) in [6, 6.07) is 16.2. The Labute approximate surface area is 128 Å². The molecule has 0 bridgehead atoms. The maximum absolute atomic E-state index is 4.70. The largest absolute Gasteiger partial charge is 0.331 e. The number of aromatic nitrogens is 4. The zero-order valence-corrected chi connectivity index (χ0v) is 12.4. The highest BCUT2D eigenvalue weighted by Gasteiger charge is 2.08. The summed E-state index contributed by atoms with van der Waals surface area (Å²) in [5, 5.41) is 0. The van der Waals surface area contributed by atoms with E-state index >= 15 is 0 Å². The highest BCUT2D eigenvalue weighted by molar-refractivity contribution is 5.76. The van der Waals surface area contributed by atoms with Crippen molar-refractivity contribution in [1.29, 1.82) is 0 Å². The standard InChI is InChI=1S/C18H16N4/c1-22-17-9-5-4-8-16(17)21-18(22)11-10-13-12-19-14-6-2-3-7-15(14)20-13/h2-9,12H,10-11H2,1H3. The van der Waals surface area contributed by atoms with E-state index in [4.69, 9.17) is 4.98 Å². The molecule has 2 aromatic heterocycles. The number of aryl methyl sites for hydroxylation is 3. The number of rotatable bonds is 3. The molecule has 0 atom stereocenters. The lowest BCUT2D eigenvalue weighted by Gasteiger charge is -2.03. The van der Waals surface area contributed by atoms with Crippen LogP contribution in [0.4, 0.5) is 0 Å². The van der Waals surface area contributed by atoms with Gasteiger partial charge in [-0.05, 0) is 30.7 Å². The van der Waals surface area contributed by atoms with Crippen LogP contribution in [0.5, 0.6) is 0 Å². The van der Waals surface area contributed by atoms with Gasteiger partial charge in [-0.25, -0.2) is 9.97 Å². The van der Waals surface area contributed by atoms with E-state index in [1.165, 1.54) is 5.52 Å². The van der Waals surface area contributed by atoms with Gasteiger partial charge in [0.15, 0.2) is 0 Å². The number of para-hydroxylation sites is 4. The van der Waals surface area contributed by atoms with Crippen LogP contribution in [0.3, 0.4) is 0 Å². The van der Waals surface area contributed by atoms with Gasteiger partial charge in [-0.3, -0.25) is 4.98 Å². The van der Waals surface area contributed by atoms with Crippen LogP contribution in [0.1, 0.15) is 11.5 Å². The van der Waals surface area contributed by atoms with Crippen molar-refractivity contribution in [1.82, 2.24) is 19.5 Å². The molecule has 0 saturated carbocycles. The summed E-state index contributed by atoms with van der Waals surface area (Å²) in [6.07, 6.45) is 3.57. The van der Waals surface area contributed by atoms with Crippen LogP contribution in [-0.2, 0) is 19.9 Å². The normalized spacial score (nSPS) is 11.3. The summed E-state index contributed by atoms with van der Waals surface area (Å²) in [7, 11) is 2.07. The molecule has 0 saturated heterocycles. The van der Waals surface area contributed by atoms with Crippen LogP contribution in [0.2, 0.25) is 0 Å². The van der Waals surface area contributed by atoms with Crippen LogP contribution in [0.25, 0.3) is 22.1 Å². The Morgan fingerprint density at radius 1 is 0.818 bits per heavy atom. The first-order valence-electron chi connectivity index (χ1n) is 7.42. The monoisotopic (exact) mass is 288 g/mol. The van der Waals surface area contributed by atoms with Gasteiger partial charge >= 0.3 is 0 Å². The van der Waals surface area contributed by atoms with Gasteiger partial charge in [0.25, 0.3) is 0 Å². The molecular weight excluding hydrogens is 272 g/mol. The first-order valence-corrected chi connectivity index (χ1v) is 7.42. The Bertz CT molecular complexity index is 956. The van der Waals surface area contributed by atoms with Crippen molar-refractivity contribution in [2.45, 2.75) is 12.8 Å². The quantitative estimate of drug-likeness (QED) is 0.581. The van der Waals surface area contributed by atoms with E-state index in [-0.39, 0.29) is 0 Å². The predicted molar refractivity (Wildman–Crippen MR) is 87.7 cm³/mol. The van der Waals surface area contributed by atoms with Crippen LogP contribution in [0, 0.1) is 0 Å². The van der Waals surface area contributed by atoms with Gasteiger partial charge in [-0.15, -0.1) is 0 Å². The van der Waals surface area contributed by atoms with E-state index < -0.39 is 0 Å². The second-order valence-electron chi connectivity index (χ2n) is 5.43. The summed E-state index contributed by atoms with van der Waals surface area (Å²) >= 11 is 0. The Morgan fingerprint density at radius 2 is 1.55 bits per heavy atom. The molecule has 0 aliphatic rings. The average Bonchev–Trinajstić information content (AvgIpc) is 2.89. The van der Waals surface area contributed by atoms with E-state index in [0.29, 0.717) is 0 Å². The molecule has 0 N–H and O–H groups in total. The fraction of sp³-hybridized carbons (Fsp3) is 0.167. The number of benzene rings is 2. The molecule has 0 aliphatic heterocycles. The summed E-state index contributed by atoms with van der Waals surface area (Å²) in [6.45, 7) is 0. The summed E-state index contributed by atoms with van der Waals surface area (Å²) < 4.78 is 2.16. The molecule has 4 nitrogen and oxygen atoms in total. The number of nitrogens with zero attached hydrogens (tertiary/aromatic N) is 4. The van der Waals surface area contributed by atoms with E-state index in [1.807, 2.05) is 42.6 Å². The zero-order chi connectivity index (χ0) is 14.9. The highest BCUT2D eigenvalue weighted by Crippen LogP contribution is 2.16. The number of hydrogen-bond acceptors (Lipinski definition) is 3. The van der Waals surface area contributed by atoms with Crippen LogP contribution in [0.15, 0.2) is 54.7 Å². The van der Waals surface area contributed by atoms with Crippen molar-refractivity contribution in [3.05, 3.63) is 66.2 Å². The van der Waals surface area contributed by atoms with Gasteiger partial charge in [-0.1, -0.05) is 24.3 Å². The van der Waals surface area contributed by atoms with Gasteiger partial charge in [0.05, 0.1) is 27.8 Å². The average molecular weight is 288 g/mol. The molecule has 4 rings (SSSR count). The van der Waals surface area contributed by atoms with Gasteiger partial charge in [0.2, 0.25) is 0 Å². The smallest absolute Gasteiger partial charge is 0.109 e. The summed E-state index contributed by atoms with van der Waals surface area (Å²) in [4.78, 5) is 13.8. The maximum Gasteiger partial charge on any atom is 0.109 e. The van der Waals surface area contributed by atoms with Gasteiger partial charge in [0.1, 0.15) is 5.82 Å². The Morgan fingerprint density at radius 3 is 2.36 bits per heavy atom. The van der Waals surface area contributed by atoms with Crippen LogP contribution >= 0.6 is 0 Å². The third kappa shape index (κ3) is 2.22. The first-order chi connectivity index (χ1) is 10.8. The van der Waals surface area contributed by atoms with Gasteiger partial charge in [0, 0.05) is 19.7 Å². The minimum absolute atomic E-state index is 0.842. The molecular formula is C18H16N4. The molecule has 0 radical (unpaired) electrons. The fourth-order valence-electron chi connectivity index (χ4n) is 2.77. The number of hydrogen-bond donors (Lipinski definition) is 0. The molecule has 2 heterocycles. The summed E-state index contributed by atoms with van der Waals surface area (Å²) in [5.74, 6) is 1.08. The minimum Gasteiger partial charge on any atom is -0.331 e.